The lowest BCUT2D eigenvalue weighted by molar-refractivity contribution is 0.305. The van der Waals surface area contributed by atoms with Crippen LogP contribution in [-0.4, -0.2) is 4.98 Å². The first kappa shape index (κ1) is 12.1. The molecule has 0 saturated heterocycles. The van der Waals surface area contributed by atoms with Crippen molar-refractivity contribution in [2.24, 2.45) is 0 Å². The van der Waals surface area contributed by atoms with Crippen LogP contribution in [0.3, 0.4) is 0 Å². The molecular formula is C14H17NOS. The van der Waals surface area contributed by atoms with Gasteiger partial charge in [-0.2, -0.15) is 0 Å². The Balaban J connectivity index is 1.91. The molecule has 17 heavy (non-hydrogen) atoms. The van der Waals surface area contributed by atoms with Crippen LogP contribution in [0.1, 0.15) is 30.3 Å². The molecule has 0 atom stereocenters. The molecule has 2 nitrogen and oxygen atoms in total. The van der Waals surface area contributed by atoms with Gasteiger partial charge in [-0.05, 0) is 30.5 Å². The summed E-state index contributed by atoms with van der Waals surface area (Å²) in [5.74, 6) is 0.939. The molecule has 0 amide bonds. The Morgan fingerprint density at radius 2 is 2.29 bits per heavy atom. The van der Waals surface area contributed by atoms with Crippen LogP contribution >= 0.6 is 11.3 Å². The number of nitrogens with zero attached hydrogens (tertiary/aromatic N) is 1. The second-order valence-corrected chi connectivity index (χ2v) is 4.94. The average molecular weight is 247 g/mol. The summed E-state index contributed by atoms with van der Waals surface area (Å²) in [6.45, 7) is 2.78. The molecule has 0 spiro atoms. The van der Waals surface area contributed by atoms with Crippen molar-refractivity contribution in [1.82, 2.24) is 4.98 Å². The molecule has 1 heterocycles. The van der Waals surface area contributed by atoms with Crippen LogP contribution in [-0.2, 0) is 13.0 Å². The van der Waals surface area contributed by atoms with E-state index in [0.29, 0.717) is 6.61 Å². The minimum atomic E-state index is 0.564. The maximum atomic E-state index is 5.72. The molecular weight excluding hydrogens is 230 g/mol. The van der Waals surface area contributed by atoms with Crippen molar-refractivity contribution in [1.29, 1.82) is 0 Å². The fourth-order valence-corrected chi connectivity index (χ4v) is 2.17. The second kappa shape index (κ2) is 6.40. The first-order valence-electron chi connectivity index (χ1n) is 5.98. The number of aromatic nitrogens is 1. The van der Waals surface area contributed by atoms with Crippen LogP contribution in [0.4, 0.5) is 0 Å². The van der Waals surface area contributed by atoms with Crippen LogP contribution in [0.25, 0.3) is 0 Å². The first-order chi connectivity index (χ1) is 8.38. The molecule has 0 aliphatic heterocycles. The fraction of sp³-hybridized carbons (Fsp3) is 0.357. The molecule has 1 aromatic carbocycles. The maximum Gasteiger partial charge on any atom is 0.140 e. The minimum absolute atomic E-state index is 0.564. The summed E-state index contributed by atoms with van der Waals surface area (Å²) in [4.78, 5) is 4.20. The van der Waals surface area contributed by atoms with Gasteiger partial charge < -0.3 is 4.74 Å². The summed E-state index contributed by atoms with van der Waals surface area (Å²) in [5.41, 5.74) is 1.35. The van der Waals surface area contributed by atoms with E-state index in [1.54, 1.807) is 17.5 Å². The summed E-state index contributed by atoms with van der Waals surface area (Å²) in [5, 5.41) is 2.99. The number of aryl methyl sites for hydroxylation is 1. The molecule has 3 heteroatoms. The van der Waals surface area contributed by atoms with E-state index in [2.05, 4.69) is 30.1 Å². The van der Waals surface area contributed by atoms with E-state index < -0.39 is 0 Å². The van der Waals surface area contributed by atoms with Gasteiger partial charge >= 0.3 is 0 Å². The van der Waals surface area contributed by atoms with Crippen molar-refractivity contribution in [3.8, 4) is 5.75 Å². The van der Waals surface area contributed by atoms with Gasteiger partial charge in [0.25, 0.3) is 0 Å². The van der Waals surface area contributed by atoms with Crippen molar-refractivity contribution in [2.45, 2.75) is 32.8 Å². The monoisotopic (exact) mass is 247 g/mol. The molecule has 0 unspecified atom stereocenters. The Kier molecular flexibility index (Phi) is 4.56. The largest absolute Gasteiger partial charge is 0.486 e. The highest BCUT2D eigenvalue weighted by Crippen LogP contribution is 2.17. The SMILES string of the molecule is CCCCc1cccc(OCc2nccs2)c1. The van der Waals surface area contributed by atoms with Gasteiger partial charge in [0, 0.05) is 11.6 Å². The number of ether oxygens (including phenoxy) is 1. The molecule has 0 aliphatic rings. The Morgan fingerprint density at radius 1 is 1.35 bits per heavy atom. The smallest absolute Gasteiger partial charge is 0.140 e. The fourth-order valence-electron chi connectivity index (χ4n) is 1.64. The number of rotatable bonds is 6. The summed E-state index contributed by atoms with van der Waals surface area (Å²) in [7, 11) is 0. The third-order valence-corrected chi connectivity index (χ3v) is 3.32. The molecule has 1 aromatic heterocycles. The molecule has 0 fully saturated rings. The van der Waals surface area contributed by atoms with Crippen LogP contribution in [0.2, 0.25) is 0 Å². The predicted molar refractivity (Wildman–Crippen MR) is 71.5 cm³/mol. The zero-order chi connectivity index (χ0) is 11.9. The molecule has 0 bridgehead atoms. The van der Waals surface area contributed by atoms with Gasteiger partial charge in [-0.15, -0.1) is 11.3 Å². The van der Waals surface area contributed by atoms with E-state index in [1.165, 1.54) is 18.4 Å². The minimum Gasteiger partial charge on any atom is -0.486 e. The summed E-state index contributed by atoms with van der Waals surface area (Å²) in [6.07, 6.45) is 5.39. The van der Waals surface area contributed by atoms with Crippen molar-refractivity contribution in [3.05, 3.63) is 46.4 Å². The van der Waals surface area contributed by atoms with Crippen molar-refractivity contribution in [3.63, 3.8) is 0 Å². The predicted octanol–water partition coefficient (Wildman–Crippen LogP) is 4.06. The zero-order valence-corrected chi connectivity index (χ0v) is 10.9. The van der Waals surface area contributed by atoms with Crippen molar-refractivity contribution in [2.75, 3.05) is 0 Å². The lowest BCUT2D eigenvalue weighted by atomic mass is 10.1. The highest BCUT2D eigenvalue weighted by atomic mass is 32.1. The number of unbranched alkanes of at least 4 members (excludes halogenated alkanes) is 1. The summed E-state index contributed by atoms with van der Waals surface area (Å²) >= 11 is 1.62. The molecule has 2 rings (SSSR count). The van der Waals surface area contributed by atoms with Crippen molar-refractivity contribution >= 4 is 11.3 Å². The summed E-state index contributed by atoms with van der Waals surface area (Å²) in [6, 6.07) is 8.35. The number of thiazole rings is 1. The Bertz CT molecular complexity index is 439. The third-order valence-electron chi connectivity index (χ3n) is 2.56. The van der Waals surface area contributed by atoms with Crippen LogP contribution in [0, 0.1) is 0 Å². The van der Waals surface area contributed by atoms with Gasteiger partial charge in [0.1, 0.15) is 17.4 Å². The highest BCUT2D eigenvalue weighted by molar-refractivity contribution is 7.09. The number of hydrogen-bond donors (Lipinski definition) is 0. The van der Waals surface area contributed by atoms with Gasteiger partial charge in [0.05, 0.1) is 0 Å². The Hall–Kier alpha value is -1.35. The molecule has 0 N–H and O–H groups in total. The van der Waals surface area contributed by atoms with Crippen LogP contribution < -0.4 is 4.74 Å². The normalized spacial score (nSPS) is 10.4. The lowest BCUT2D eigenvalue weighted by Gasteiger charge is -2.06. The molecule has 0 aliphatic carbocycles. The molecule has 90 valence electrons. The quantitative estimate of drug-likeness (QED) is 0.767. The maximum absolute atomic E-state index is 5.72. The zero-order valence-electron chi connectivity index (χ0n) is 10.1. The van der Waals surface area contributed by atoms with Gasteiger partial charge in [0.2, 0.25) is 0 Å². The van der Waals surface area contributed by atoms with Crippen LogP contribution in [0.15, 0.2) is 35.8 Å². The number of benzene rings is 1. The molecule has 0 saturated carbocycles. The Labute approximate surface area is 106 Å². The lowest BCUT2D eigenvalue weighted by Crippen LogP contribution is -1.95. The van der Waals surface area contributed by atoms with Gasteiger partial charge in [0.15, 0.2) is 0 Å². The summed E-state index contributed by atoms with van der Waals surface area (Å²) < 4.78 is 5.72. The van der Waals surface area contributed by atoms with E-state index in [0.717, 1.165) is 17.2 Å². The topological polar surface area (TPSA) is 22.1 Å². The third kappa shape index (κ3) is 3.86. The van der Waals surface area contributed by atoms with Gasteiger partial charge in [-0.1, -0.05) is 25.5 Å². The van der Waals surface area contributed by atoms with E-state index in [1.807, 2.05) is 11.4 Å². The van der Waals surface area contributed by atoms with E-state index >= 15 is 0 Å². The van der Waals surface area contributed by atoms with E-state index in [9.17, 15) is 0 Å². The first-order valence-corrected chi connectivity index (χ1v) is 6.86. The van der Waals surface area contributed by atoms with E-state index in [-0.39, 0.29) is 0 Å². The highest BCUT2D eigenvalue weighted by Gasteiger charge is 1.99. The number of hydrogen-bond acceptors (Lipinski definition) is 3. The van der Waals surface area contributed by atoms with Crippen LogP contribution in [0.5, 0.6) is 5.75 Å². The molecule has 0 radical (unpaired) electrons. The van der Waals surface area contributed by atoms with Crippen molar-refractivity contribution < 1.29 is 4.74 Å². The average Bonchev–Trinajstić information content (AvgIpc) is 2.87. The standard InChI is InChI=1S/C14H17NOS/c1-2-3-5-12-6-4-7-13(10-12)16-11-14-15-8-9-17-14/h4,6-10H,2-3,5,11H2,1H3. The van der Waals surface area contributed by atoms with Gasteiger partial charge in [-0.25, -0.2) is 4.98 Å². The molecule has 2 aromatic rings. The van der Waals surface area contributed by atoms with Gasteiger partial charge in [-0.3, -0.25) is 0 Å². The Morgan fingerprint density at radius 3 is 3.06 bits per heavy atom. The second-order valence-electron chi connectivity index (χ2n) is 3.97. The van der Waals surface area contributed by atoms with E-state index in [4.69, 9.17) is 4.74 Å².